The number of nitrogens with zero attached hydrogens (tertiary/aromatic N) is 2. The van der Waals surface area contributed by atoms with Crippen LogP contribution >= 0.6 is 15.9 Å². The third-order valence-electron chi connectivity index (χ3n) is 4.84. The summed E-state index contributed by atoms with van der Waals surface area (Å²) in [5.74, 6) is -0.989. The Morgan fingerprint density at radius 3 is 2.34 bits per heavy atom. The minimum absolute atomic E-state index is 0.175. The van der Waals surface area contributed by atoms with E-state index in [4.69, 9.17) is 14.2 Å². The van der Waals surface area contributed by atoms with Crippen LogP contribution in [-0.2, 0) is 4.74 Å². The fraction of sp³-hybridized carbons (Fsp3) is 0.600. The second-order valence-corrected chi connectivity index (χ2v) is 9.43. The molecule has 8 nitrogen and oxygen atoms in total. The SMILES string of the molecule is Cc1c(C(=O)O)cc(Br)c2c1OC(C)(CN1CCN(C(=O)OC(C)(C)C)CC1)O2. The van der Waals surface area contributed by atoms with Crippen molar-refractivity contribution in [3.05, 3.63) is 21.7 Å². The Labute approximate surface area is 178 Å². The van der Waals surface area contributed by atoms with Crippen molar-refractivity contribution in [2.75, 3.05) is 32.7 Å². The Balaban J connectivity index is 1.63. The van der Waals surface area contributed by atoms with E-state index >= 15 is 0 Å². The van der Waals surface area contributed by atoms with Crippen LogP contribution in [-0.4, -0.2) is 71.1 Å². The summed E-state index contributed by atoms with van der Waals surface area (Å²) in [6, 6.07) is 1.53. The van der Waals surface area contributed by atoms with Crippen LogP contribution in [0.2, 0.25) is 0 Å². The molecule has 1 saturated heterocycles. The van der Waals surface area contributed by atoms with Gasteiger partial charge >= 0.3 is 12.1 Å². The lowest BCUT2D eigenvalue weighted by Crippen LogP contribution is -2.55. The molecule has 0 spiro atoms. The highest BCUT2D eigenvalue weighted by atomic mass is 79.9. The largest absolute Gasteiger partial charge is 0.478 e. The highest BCUT2D eigenvalue weighted by molar-refractivity contribution is 9.10. The number of rotatable bonds is 3. The van der Waals surface area contributed by atoms with E-state index in [1.165, 1.54) is 6.07 Å². The number of ether oxygens (including phenoxy) is 3. The summed E-state index contributed by atoms with van der Waals surface area (Å²) in [7, 11) is 0. The molecule has 2 aliphatic heterocycles. The van der Waals surface area contributed by atoms with Crippen molar-refractivity contribution in [1.82, 2.24) is 9.80 Å². The van der Waals surface area contributed by atoms with Gasteiger partial charge in [0.05, 0.1) is 16.6 Å². The fourth-order valence-corrected chi connectivity index (χ4v) is 3.97. The average molecular weight is 471 g/mol. The third kappa shape index (κ3) is 4.78. The van der Waals surface area contributed by atoms with E-state index in [-0.39, 0.29) is 11.7 Å². The number of hydrogen-bond donors (Lipinski definition) is 1. The fourth-order valence-electron chi connectivity index (χ4n) is 3.48. The molecule has 1 unspecified atom stereocenters. The van der Waals surface area contributed by atoms with Gasteiger partial charge in [0.25, 0.3) is 5.79 Å². The lowest BCUT2D eigenvalue weighted by Gasteiger charge is -2.38. The van der Waals surface area contributed by atoms with E-state index in [0.29, 0.717) is 54.3 Å². The molecule has 0 aromatic heterocycles. The van der Waals surface area contributed by atoms with Crippen LogP contribution in [0.15, 0.2) is 10.5 Å². The number of piperazine rings is 1. The zero-order valence-corrected chi connectivity index (χ0v) is 19.0. The van der Waals surface area contributed by atoms with Gasteiger partial charge in [-0.25, -0.2) is 9.59 Å². The quantitative estimate of drug-likeness (QED) is 0.722. The summed E-state index contributed by atoms with van der Waals surface area (Å²) in [6.45, 7) is 12.0. The summed E-state index contributed by atoms with van der Waals surface area (Å²) in [5.41, 5.74) is 0.197. The van der Waals surface area contributed by atoms with Gasteiger partial charge in [0.15, 0.2) is 11.5 Å². The van der Waals surface area contributed by atoms with Gasteiger partial charge in [0.2, 0.25) is 0 Å². The molecule has 0 saturated carbocycles. The smallest absolute Gasteiger partial charge is 0.410 e. The Kier molecular flexibility index (Phi) is 5.75. The van der Waals surface area contributed by atoms with Gasteiger partial charge in [-0.3, -0.25) is 4.90 Å². The van der Waals surface area contributed by atoms with Crippen LogP contribution in [0.25, 0.3) is 0 Å². The van der Waals surface area contributed by atoms with E-state index in [2.05, 4.69) is 20.8 Å². The number of carboxylic acid groups (broad SMARTS) is 1. The zero-order chi connectivity index (χ0) is 21.6. The molecule has 0 bridgehead atoms. The molecule has 2 aliphatic rings. The van der Waals surface area contributed by atoms with Crippen molar-refractivity contribution in [2.45, 2.75) is 46.0 Å². The first-order chi connectivity index (χ1) is 13.4. The predicted molar refractivity (Wildman–Crippen MR) is 110 cm³/mol. The molecule has 9 heteroatoms. The van der Waals surface area contributed by atoms with Crippen LogP contribution in [0.3, 0.4) is 0 Å². The molecule has 1 amide bonds. The third-order valence-corrected chi connectivity index (χ3v) is 5.43. The second-order valence-electron chi connectivity index (χ2n) is 8.58. The lowest BCUT2D eigenvalue weighted by atomic mass is 10.1. The topological polar surface area (TPSA) is 88.5 Å². The number of carboxylic acids is 1. The highest BCUT2D eigenvalue weighted by Crippen LogP contribution is 2.48. The maximum absolute atomic E-state index is 12.2. The minimum atomic E-state index is -1.01. The Morgan fingerprint density at radius 1 is 1.21 bits per heavy atom. The van der Waals surface area contributed by atoms with Crippen LogP contribution in [0.5, 0.6) is 11.5 Å². The van der Waals surface area contributed by atoms with E-state index < -0.39 is 17.4 Å². The minimum Gasteiger partial charge on any atom is -0.478 e. The van der Waals surface area contributed by atoms with Crippen LogP contribution in [0.4, 0.5) is 4.79 Å². The standard InChI is InChI=1S/C20H27BrN2O6/c1-12-13(17(24)25)10-14(21)16-15(12)27-20(5,28-16)11-22-6-8-23(9-7-22)18(26)29-19(2,3)4/h10H,6-9,11H2,1-5H3,(H,24,25). The molecule has 2 heterocycles. The van der Waals surface area contributed by atoms with Crippen molar-refractivity contribution in [3.8, 4) is 11.5 Å². The molecule has 160 valence electrons. The molecular weight excluding hydrogens is 444 g/mol. The highest BCUT2D eigenvalue weighted by Gasteiger charge is 2.42. The van der Waals surface area contributed by atoms with Gasteiger partial charge < -0.3 is 24.2 Å². The monoisotopic (exact) mass is 470 g/mol. The number of carbonyl (C=O) groups is 2. The van der Waals surface area contributed by atoms with Gasteiger partial charge in [0.1, 0.15) is 5.60 Å². The van der Waals surface area contributed by atoms with Gasteiger partial charge in [-0.2, -0.15) is 0 Å². The Bertz CT molecular complexity index is 829. The number of fused-ring (bicyclic) bond motifs is 1. The molecule has 0 radical (unpaired) electrons. The molecule has 1 fully saturated rings. The van der Waals surface area contributed by atoms with E-state index in [1.807, 2.05) is 27.7 Å². The molecule has 29 heavy (non-hydrogen) atoms. The second kappa shape index (κ2) is 7.68. The first-order valence-corrected chi connectivity index (χ1v) is 10.3. The van der Waals surface area contributed by atoms with E-state index in [9.17, 15) is 14.7 Å². The van der Waals surface area contributed by atoms with Crippen LogP contribution in [0, 0.1) is 6.92 Å². The maximum atomic E-state index is 12.2. The number of halogens is 1. The molecule has 1 aromatic rings. The molecule has 1 aromatic carbocycles. The molecule has 0 aliphatic carbocycles. The normalized spacial score (nSPS) is 21.9. The van der Waals surface area contributed by atoms with Gasteiger partial charge in [-0.05, 0) is 49.7 Å². The summed E-state index contributed by atoms with van der Waals surface area (Å²) < 4.78 is 18.1. The predicted octanol–water partition coefficient (Wildman–Crippen LogP) is 3.50. The van der Waals surface area contributed by atoms with Crippen molar-refractivity contribution >= 4 is 28.0 Å². The molecule has 1 atom stereocenters. The summed E-state index contributed by atoms with van der Waals surface area (Å²) >= 11 is 3.39. The summed E-state index contributed by atoms with van der Waals surface area (Å²) in [6.07, 6.45) is -0.301. The number of carbonyl (C=O) groups excluding carboxylic acids is 1. The van der Waals surface area contributed by atoms with Crippen LogP contribution < -0.4 is 9.47 Å². The Morgan fingerprint density at radius 2 is 1.79 bits per heavy atom. The average Bonchev–Trinajstić information content (AvgIpc) is 2.95. The van der Waals surface area contributed by atoms with Crippen molar-refractivity contribution < 1.29 is 28.9 Å². The number of hydrogen-bond acceptors (Lipinski definition) is 6. The van der Waals surface area contributed by atoms with E-state index in [0.717, 1.165) is 0 Å². The van der Waals surface area contributed by atoms with Crippen molar-refractivity contribution in [2.24, 2.45) is 0 Å². The first-order valence-electron chi connectivity index (χ1n) is 9.53. The van der Waals surface area contributed by atoms with Crippen LogP contribution in [0.1, 0.15) is 43.6 Å². The van der Waals surface area contributed by atoms with Crippen molar-refractivity contribution in [3.63, 3.8) is 0 Å². The van der Waals surface area contributed by atoms with Crippen molar-refractivity contribution in [1.29, 1.82) is 0 Å². The van der Waals surface area contributed by atoms with Gasteiger partial charge in [-0.15, -0.1) is 0 Å². The summed E-state index contributed by atoms with van der Waals surface area (Å²) in [5, 5.41) is 9.38. The molecule has 1 N–H and O–H groups in total. The van der Waals surface area contributed by atoms with Gasteiger partial charge in [-0.1, -0.05) is 0 Å². The Hall–Kier alpha value is -2.00. The van der Waals surface area contributed by atoms with E-state index in [1.54, 1.807) is 11.8 Å². The van der Waals surface area contributed by atoms with Gasteiger partial charge in [0, 0.05) is 38.7 Å². The molecule has 3 rings (SSSR count). The zero-order valence-electron chi connectivity index (χ0n) is 17.4. The lowest BCUT2D eigenvalue weighted by molar-refractivity contribution is -0.0898. The molecular formula is C20H27BrN2O6. The maximum Gasteiger partial charge on any atom is 0.410 e. The number of aromatic carboxylic acids is 1. The summed E-state index contributed by atoms with van der Waals surface area (Å²) in [4.78, 5) is 27.5. The number of amides is 1. The number of benzene rings is 1. The first kappa shape index (κ1) is 21.7.